The monoisotopic (exact) mass is 252 g/mol. The summed E-state index contributed by atoms with van der Waals surface area (Å²) in [5.74, 6) is -0.377. The van der Waals surface area contributed by atoms with Crippen LogP contribution in [0.3, 0.4) is 0 Å². The smallest absolute Gasteiger partial charge is 0.248 e. The zero-order valence-electron chi connectivity index (χ0n) is 10.7. The average molecular weight is 252 g/mol. The van der Waals surface area contributed by atoms with Crippen molar-refractivity contribution in [1.29, 1.82) is 0 Å². The molecule has 1 heterocycles. The van der Waals surface area contributed by atoms with Crippen molar-refractivity contribution < 1.29 is 4.79 Å². The maximum absolute atomic E-state index is 11.0. The molecule has 19 heavy (non-hydrogen) atoms. The predicted octanol–water partition coefficient (Wildman–Crippen LogP) is 2.35. The van der Waals surface area contributed by atoms with Crippen LogP contribution in [0.4, 0.5) is 5.69 Å². The summed E-state index contributed by atoms with van der Waals surface area (Å²) in [6.45, 7) is 1.92. The second-order valence-corrected chi connectivity index (χ2v) is 4.86. The summed E-state index contributed by atoms with van der Waals surface area (Å²) < 4.78 is 0. The van der Waals surface area contributed by atoms with Crippen LogP contribution in [0.5, 0.6) is 0 Å². The Bertz CT molecular complexity index is 604. The molecular formula is C16H16N2O. The molecule has 0 radical (unpaired) electrons. The molecule has 2 aromatic carbocycles. The Morgan fingerprint density at radius 2 is 1.84 bits per heavy atom. The predicted molar refractivity (Wildman–Crippen MR) is 76.2 cm³/mol. The quantitative estimate of drug-likeness (QED) is 0.911. The van der Waals surface area contributed by atoms with Gasteiger partial charge in [-0.15, -0.1) is 0 Å². The van der Waals surface area contributed by atoms with Gasteiger partial charge in [0.05, 0.1) is 0 Å². The van der Waals surface area contributed by atoms with E-state index in [1.807, 2.05) is 12.1 Å². The third kappa shape index (κ3) is 2.32. The molecule has 96 valence electrons. The number of hydrogen-bond donors (Lipinski definition) is 1. The number of para-hydroxylation sites is 1. The number of hydrogen-bond acceptors (Lipinski definition) is 2. The van der Waals surface area contributed by atoms with Crippen molar-refractivity contribution in [2.24, 2.45) is 5.73 Å². The molecule has 1 amide bonds. The molecule has 0 aromatic heterocycles. The number of carbonyl (C=O) groups excluding carboxylic acids is 1. The second kappa shape index (κ2) is 4.76. The molecule has 0 bridgehead atoms. The van der Waals surface area contributed by atoms with Gasteiger partial charge in [0.2, 0.25) is 5.91 Å². The van der Waals surface area contributed by atoms with Gasteiger partial charge in [-0.05, 0) is 35.7 Å². The Morgan fingerprint density at radius 1 is 1.11 bits per heavy atom. The van der Waals surface area contributed by atoms with E-state index in [9.17, 15) is 4.79 Å². The van der Waals surface area contributed by atoms with E-state index in [-0.39, 0.29) is 5.91 Å². The number of amides is 1. The maximum Gasteiger partial charge on any atom is 0.248 e. The number of primary amides is 1. The normalized spacial score (nSPS) is 13.4. The van der Waals surface area contributed by atoms with E-state index >= 15 is 0 Å². The maximum atomic E-state index is 11.0. The summed E-state index contributed by atoms with van der Waals surface area (Å²) in [5.41, 5.74) is 9.73. The average Bonchev–Trinajstić information content (AvgIpc) is 2.83. The van der Waals surface area contributed by atoms with Crippen molar-refractivity contribution in [3.05, 3.63) is 65.2 Å². The first-order valence-corrected chi connectivity index (χ1v) is 6.45. The number of rotatable bonds is 3. The molecule has 0 unspecified atom stereocenters. The molecule has 0 saturated heterocycles. The van der Waals surface area contributed by atoms with Gasteiger partial charge in [0, 0.05) is 24.3 Å². The first kappa shape index (κ1) is 11.8. The van der Waals surface area contributed by atoms with E-state index in [0.717, 1.165) is 19.5 Å². The van der Waals surface area contributed by atoms with Crippen molar-refractivity contribution in [3.8, 4) is 0 Å². The van der Waals surface area contributed by atoms with Crippen LogP contribution < -0.4 is 10.6 Å². The first-order valence-electron chi connectivity index (χ1n) is 6.45. The van der Waals surface area contributed by atoms with Crippen LogP contribution in [0.15, 0.2) is 48.5 Å². The fourth-order valence-corrected chi connectivity index (χ4v) is 2.57. The SMILES string of the molecule is NC(=O)c1ccc(CN2CCc3ccccc32)cc1. The van der Waals surface area contributed by atoms with Gasteiger partial charge < -0.3 is 10.6 Å². The van der Waals surface area contributed by atoms with Crippen molar-refractivity contribution >= 4 is 11.6 Å². The number of anilines is 1. The zero-order chi connectivity index (χ0) is 13.2. The zero-order valence-corrected chi connectivity index (χ0v) is 10.7. The molecule has 0 atom stereocenters. The van der Waals surface area contributed by atoms with Crippen LogP contribution in [0.2, 0.25) is 0 Å². The van der Waals surface area contributed by atoms with E-state index in [0.29, 0.717) is 5.56 Å². The Kier molecular flexibility index (Phi) is 2.95. The lowest BCUT2D eigenvalue weighted by molar-refractivity contribution is 0.100. The van der Waals surface area contributed by atoms with Crippen LogP contribution in [0, 0.1) is 0 Å². The number of carbonyl (C=O) groups is 1. The largest absolute Gasteiger partial charge is 0.367 e. The van der Waals surface area contributed by atoms with Crippen molar-refractivity contribution in [2.45, 2.75) is 13.0 Å². The molecule has 2 aromatic rings. The molecule has 0 saturated carbocycles. The van der Waals surface area contributed by atoms with Gasteiger partial charge in [-0.2, -0.15) is 0 Å². The highest BCUT2D eigenvalue weighted by Gasteiger charge is 2.18. The fourth-order valence-electron chi connectivity index (χ4n) is 2.57. The summed E-state index contributed by atoms with van der Waals surface area (Å²) in [6.07, 6.45) is 1.11. The van der Waals surface area contributed by atoms with Gasteiger partial charge in [0.15, 0.2) is 0 Å². The number of nitrogens with two attached hydrogens (primary N) is 1. The topological polar surface area (TPSA) is 46.3 Å². The van der Waals surface area contributed by atoms with Crippen LogP contribution in [0.1, 0.15) is 21.5 Å². The van der Waals surface area contributed by atoms with Crippen LogP contribution >= 0.6 is 0 Å². The third-order valence-corrected chi connectivity index (χ3v) is 3.60. The Hall–Kier alpha value is -2.29. The lowest BCUT2D eigenvalue weighted by Crippen LogP contribution is -2.19. The number of nitrogens with zero attached hydrogens (tertiary/aromatic N) is 1. The number of fused-ring (bicyclic) bond motifs is 1. The lowest BCUT2D eigenvalue weighted by Gasteiger charge is -2.19. The Morgan fingerprint density at radius 3 is 2.58 bits per heavy atom. The molecule has 3 rings (SSSR count). The first-order chi connectivity index (χ1) is 9.24. The standard InChI is InChI=1S/C16H16N2O/c17-16(19)14-7-5-12(6-8-14)11-18-10-9-13-3-1-2-4-15(13)18/h1-8H,9-11H2,(H2,17,19). The van der Waals surface area contributed by atoms with Crippen molar-refractivity contribution in [2.75, 3.05) is 11.4 Å². The second-order valence-electron chi connectivity index (χ2n) is 4.86. The van der Waals surface area contributed by atoms with Gasteiger partial charge in [0.1, 0.15) is 0 Å². The molecule has 0 aliphatic carbocycles. The lowest BCUT2D eigenvalue weighted by atomic mass is 10.1. The minimum atomic E-state index is -0.377. The minimum Gasteiger partial charge on any atom is -0.367 e. The van der Waals surface area contributed by atoms with Gasteiger partial charge in [-0.3, -0.25) is 4.79 Å². The summed E-state index contributed by atoms with van der Waals surface area (Å²) in [6, 6.07) is 16.0. The van der Waals surface area contributed by atoms with E-state index in [4.69, 9.17) is 5.73 Å². The molecule has 1 aliphatic heterocycles. The van der Waals surface area contributed by atoms with Gasteiger partial charge >= 0.3 is 0 Å². The highest BCUT2D eigenvalue weighted by molar-refractivity contribution is 5.92. The number of benzene rings is 2. The van der Waals surface area contributed by atoms with E-state index in [1.165, 1.54) is 16.8 Å². The minimum absolute atomic E-state index is 0.377. The molecule has 1 aliphatic rings. The van der Waals surface area contributed by atoms with Gasteiger partial charge in [-0.25, -0.2) is 0 Å². The van der Waals surface area contributed by atoms with Crippen LogP contribution in [0.25, 0.3) is 0 Å². The summed E-state index contributed by atoms with van der Waals surface area (Å²) >= 11 is 0. The van der Waals surface area contributed by atoms with E-state index < -0.39 is 0 Å². The van der Waals surface area contributed by atoms with E-state index in [1.54, 1.807) is 12.1 Å². The Labute approximate surface area is 112 Å². The molecule has 2 N–H and O–H groups in total. The van der Waals surface area contributed by atoms with Crippen molar-refractivity contribution in [3.63, 3.8) is 0 Å². The van der Waals surface area contributed by atoms with Crippen LogP contribution in [-0.4, -0.2) is 12.5 Å². The van der Waals surface area contributed by atoms with E-state index in [2.05, 4.69) is 29.2 Å². The summed E-state index contributed by atoms with van der Waals surface area (Å²) in [7, 11) is 0. The molecule has 0 spiro atoms. The highest BCUT2D eigenvalue weighted by atomic mass is 16.1. The molecule has 0 fully saturated rings. The van der Waals surface area contributed by atoms with Gasteiger partial charge in [-0.1, -0.05) is 30.3 Å². The van der Waals surface area contributed by atoms with Gasteiger partial charge in [0.25, 0.3) is 0 Å². The highest BCUT2D eigenvalue weighted by Crippen LogP contribution is 2.28. The molecule has 3 nitrogen and oxygen atoms in total. The summed E-state index contributed by atoms with van der Waals surface area (Å²) in [5, 5.41) is 0. The fraction of sp³-hybridized carbons (Fsp3) is 0.188. The third-order valence-electron chi connectivity index (χ3n) is 3.60. The van der Waals surface area contributed by atoms with Crippen LogP contribution in [-0.2, 0) is 13.0 Å². The molecular weight excluding hydrogens is 236 g/mol. The Balaban J connectivity index is 1.78. The molecule has 3 heteroatoms. The van der Waals surface area contributed by atoms with Crippen molar-refractivity contribution in [1.82, 2.24) is 0 Å². The summed E-state index contributed by atoms with van der Waals surface area (Å²) in [4.78, 5) is 13.4.